The molecular formula is C14H14N2O4S. The van der Waals surface area contributed by atoms with Gasteiger partial charge in [0, 0.05) is 6.07 Å². The van der Waals surface area contributed by atoms with Crippen LogP contribution in [0.15, 0.2) is 47.4 Å². The molecule has 0 radical (unpaired) electrons. The molecule has 6 nitrogen and oxygen atoms in total. The van der Waals surface area contributed by atoms with Gasteiger partial charge in [-0.15, -0.1) is 0 Å². The molecule has 0 unspecified atom stereocenters. The molecule has 0 heterocycles. The maximum Gasteiger partial charge on any atom is 0.293 e. The van der Waals surface area contributed by atoms with Crippen molar-refractivity contribution in [1.29, 1.82) is 0 Å². The Balaban J connectivity index is 2.52. The van der Waals surface area contributed by atoms with Gasteiger partial charge >= 0.3 is 0 Å². The Kier molecular flexibility index (Phi) is 3.95. The van der Waals surface area contributed by atoms with Gasteiger partial charge in [0.25, 0.3) is 15.7 Å². The predicted octanol–water partition coefficient (Wildman–Crippen LogP) is 3.01. The zero-order valence-electron chi connectivity index (χ0n) is 11.5. The Morgan fingerprint density at radius 3 is 2.29 bits per heavy atom. The molecule has 21 heavy (non-hydrogen) atoms. The highest BCUT2D eigenvalue weighted by atomic mass is 32.2. The van der Waals surface area contributed by atoms with Crippen molar-refractivity contribution in [3.63, 3.8) is 0 Å². The topological polar surface area (TPSA) is 89.3 Å². The number of hydrogen-bond donors (Lipinski definition) is 1. The van der Waals surface area contributed by atoms with E-state index in [0.717, 1.165) is 0 Å². The number of nitro groups is 1. The fraction of sp³-hybridized carbons (Fsp3) is 0.143. The summed E-state index contributed by atoms with van der Waals surface area (Å²) in [4.78, 5) is 10.6. The van der Waals surface area contributed by atoms with Gasteiger partial charge in [0.2, 0.25) is 0 Å². The maximum absolute atomic E-state index is 12.3. The summed E-state index contributed by atoms with van der Waals surface area (Å²) in [6.07, 6.45) is 0. The van der Waals surface area contributed by atoms with Gasteiger partial charge in [0.05, 0.1) is 9.82 Å². The molecule has 110 valence electrons. The van der Waals surface area contributed by atoms with Crippen molar-refractivity contribution in [2.75, 3.05) is 4.72 Å². The second kappa shape index (κ2) is 5.53. The third-order valence-corrected chi connectivity index (χ3v) is 4.31. The van der Waals surface area contributed by atoms with Crippen LogP contribution in [0.2, 0.25) is 0 Å². The highest BCUT2D eigenvalue weighted by Crippen LogP contribution is 2.31. The van der Waals surface area contributed by atoms with E-state index in [1.807, 2.05) is 0 Å². The third-order valence-electron chi connectivity index (χ3n) is 2.95. The minimum atomic E-state index is -3.86. The lowest BCUT2D eigenvalue weighted by Gasteiger charge is -2.11. The zero-order chi connectivity index (χ0) is 15.6. The Morgan fingerprint density at radius 1 is 1.10 bits per heavy atom. The maximum atomic E-state index is 12.3. The van der Waals surface area contributed by atoms with Gasteiger partial charge < -0.3 is 0 Å². The normalized spacial score (nSPS) is 11.1. The summed E-state index contributed by atoms with van der Waals surface area (Å²) in [6, 6.07) is 10.8. The summed E-state index contributed by atoms with van der Waals surface area (Å²) < 4.78 is 26.9. The number of hydrogen-bond acceptors (Lipinski definition) is 4. The molecule has 2 aromatic rings. The average molecular weight is 306 g/mol. The molecule has 2 rings (SSSR count). The Labute approximate surface area is 122 Å². The van der Waals surface area contributed by atoms with Crippen LogP contribution >= 0.6 is 0 Å². The number of nitrogens with one attached hydrogen (secondary N) is 1. The van der Waals surface area contributed by atoms with E-state index in [1.165, 1.54) is 18.2 Å². The van der Waals surface area contributed by atoms with Crippen LogP contribution in [-0.4, -0.2) is 13.3 Å². The summed E-state index contributed by atoms with van der Waals surface area (Å²) in [5.74, 6) is 0. The Morgan fingerprint density at radius 2 is 1.71 bits per heavy atom. The number of sulfonamides is 1. The van der Waals surface area contributed by atoms with Crippen molar-refractivity contribution >= 4 is 21.4 Å². The van der Waals surface area contributed by atoms with Crippen molar-refractivity contribution in [2.45, 2.75) is 18.7 Å². The van der Waals surface area contributed by atoms with Crippen molar-refractivity contribution in [3.8, 4) is 0 Å². The second-order valence-corrected chi connectivity index (χ2v) is 6.33. The van der Waals surface area contributed by atoms with Gasteiger partial charge in [-0.25, -0.2) is 8.42 Å². The third kappa shape index (κ3) is 3.19. The molecule has 7 heteroatoms. The van der Waals surface area contributed by atoms with Crippen molar-refractivity contribution in [3.05, 3.63) is 63.7 Å². The first-order valence-electron chi connectivity index (χ1n) is 6.15. The summed E-state index contributed by atoms with van der Waals surface area (Å²) in [5.41, 5.74) is 0.935. The van der Waals surface area contributed by atoms with Crippen LogP contribution in [0.5, 0.6) is 0 Å². The predicted molar refractivity (Wildman–Crippen MR) is 79.8 cm³/mol. The molecule has 0 aliphatic heterocycles. The molecule has 0 spiro atoms. The van der Waals surface area contributed by atoms with Crippen LogP contribution in [0.3, 0.4) is 0 Å². The minimum absolute atomic E-state index is 0.00514. The highest BCUT2D eigenvalue weighted by molar-refractivity contribution is 7.92. The van der Waals surface area contributed by atoms with E-state index in [4.69, 9.17) is 0 Å². The van der Waals surface area contributed by atoms with Crippen LogP contribution < -0.4 is 4.72 Å². The summed E-state index contributed by atoms with van der Waals surface area (Å²) in [7, 11) is -3.86. The monoisotopic (exact) mass is 306 g/mol. The lowest BCUT2D eigenvalue weighted by molar-refractivity contribution is -0.384. The molecule has 0 saturated heterocycles. The summed E-state index contributed by atoms with van der Waals surface area (Å²) in [6.45, 7) is 3.35. The van der Waals surface area contributed by atoms with Crippen LogP contribution in [0.1, 0.15) is 11.1 Å². The molecule has 0 amide bonds. The van der Waals surface area contributed by atoms with Crippen molar-refractivity contribution < 1.29 is 13.3 Å². The zero-order valence-corrected chi connectivity index (χ0v) is 12.3. The number of nitrogens with zero attached hydrogens (tertiary/aromatic N) is 1. The van der Waals surface area contributed by atoms with E-state index in [9.17, 15) is 18.5 Å². The first-order chi connectivity index (χ1) is 9.81. The van der Waals surface area contributed by atoms with Gasteiger partial charge in [-0.3, -0.25) is 14.8 Å². The molecule has 2 aromatic carbocycles. The number of nitro benzene ring substituents is 1. The van der Waals surface area contributed by atoms with Crippen LogP contribution in [0.4, 0.5) is 11.4 Å². The Bertz CT molecular complexity index is 786. The molecule has 0 bridgehead atoms. The van der Waals surface area contributed by atoms with E-state index in [-0.39, 0.29) is 16.3 Å². The van der Waals surface area contributed by atoms with E-state index in [1.54, 1.807) is 38.1 Å². The lowest BCUT2D eigenvalue weighted by atomic mass is 10.1. The summed E-state index contributed by atoms with van der Waals surface area (Å²) >= 11 is 0. The van der Waals surface area contributed by atoms with Crippen molar-refractivity contribution in [1.82, 2.24) is 0 Å². The van der Waals surface area contributed by atoms with Crippen molar-refractivity contribution in [2.24, 2.45) is 0 Å². The van der Waals surface area contributed by atoms with Crippen LogP contribution in [-0.2, 0) is 10.0 Å². The van der Waals surface area contributed by atoms with Crippen LogP contribution in [0.25, 0.3) is 0 Å². The van der Waals surface area contributed by atoms with Gasteiger partial charge in [0.15, 0.2) is 0 Å². The number of anilines is 1. The molecular weight excluding hydrogens is 292 g/mol. The lowest BCUT2D eigenvalue weighted by Crippen LogP contribution is -2.15. The standard InChI is InChI=1S/C14H14N2O4S/c1-10-8-11(2)14(13(9-10)16(17)18)15-21(19,20)12-6-4-3-5-7-12/h3-9,15H,1-2H3. The fourth-order valence-corrected chi connectivity index (χ4v) is 3.18. The number of rotatable bonds is 4. The first-order valence-corrected chi connectivity index (χ1v) is 7.63. The van der Waals surface area contributed by atoms with E-state index in [0.29, 0.717) is 11.1 Å². The summed E-state index contributed by atoms with van der Waals surface area (Å²) in [5, 5.41) is 11.1. The van der Waals surface area contributed by atoms with E-state index in [2.05, 4.69) is 4.72 Å². The van der Waals surface area contributed by atoms with Gasteiger partial charge in [0.1, 0.15) is 5.69 Å². The molecule has 1 N–H and O–H groups in total. The SMILES string of the molecule is Cc1cc(C)c(NS(=O)(=O)c2ccccc2)c([N+](=O)[O-])c1. The first kappa shape index (κ1) is 15.0. The Hall–Kier alpha value is -2.41. The van der Waals surface area contributed by atoms with Gasteiger partial charge in [-0.05, 0) is 37.1 Å². The minimum Gasteiger partial charge on any atom is -0.273 e. The molecule has 0 saturated carbocycles. The molecule has 0 fully saturated rings. The molecule has 0 aromatic heterocycles. The molecule has 0 aliphatic carbocycles. The molecule has 0 aliphatic rings. The van der Waals surface area contributed by atoms with Gasteiger partial charge in [-0.1, -0.05) is 24.3 Å². The smallest absolute Gasteiger partial charge is 0.273 e. The second-order valence-electron chi connectivity index (χ2n) is 4.65. The largest absolute Gasteiger partial charge is 0.293 e. The highest BCUT2D eigenvalue weighted by Gasteiger charge is 2.22. The average Bonchev–Trinajstić information content (AvgIpc) is 2.42. The quantitative estimate of drug-likeness (QED) is 0.694. The van der Waals surface area contributed by atoms with Crippen LogP contribution in [0, 0.1) is 24.0 Å². The fourth-order valence-electron chi connectivity index (χ4n) is 2.01. The van der Waals surface area contributed by atoms with Gasteiger partial charge in [-0.2, -0.15) is 0 Å². The van der Waals surface area contributed by atoms with E-state index >= 15 is 0 Å². The number of benzene rings is 2. The molecule has 0 atom stereocenters. The van der Waals surface area contributed by atoms with E-state index < -0.39 is 14.9 Å². The number of aryl methyl sites for hydroxylation is 2.